The molecule has 2 aromatic carbocycles. The maximum absolute atomic E-state index is 12.3. The minimum atomic E-state index is -0.0869. The van der Waals surface area contributed by atoms with Gasteiger partial charge in [-0.2, -0.15) is 0 Å². The monoisotopic (exact) mass is 420 g/mol. The Hall–Kier alpha value is -2.90. The Morgan fingerprint density at radius 1 is 1.10 bits per heavy atom. The predicted octanol–water partition coefficient (Wildman–Crippen LogP) is 5.09. The summed E-state index contributed by atoms with van der Waals surface area (Å²) in [6.07, 6.45) is 3.56. The summed E-state index contributed by atoms with van der Waals surface area (Å²) < 4.78 is 2.17. The first kappa shape index (κ1) is 19.4. The molecule has 2 aromatic heterocycles. The Morgan fingerprint density at radius 3 is 2.62 bits per heavy atom. The number of aromatic nitrogens is 3. The molecule has 0 atom stereocenters. The molecule has 146 valence electrons. The van der Waals surface area contributed by atoms with E-state index in [4.69, 9.17) is 0 Å². The largest absolute Gasteiger partial charge is 0.314 e. The molecule has 0 saturated carbocycles. The molecule has 0 spiro atoms. The molecule has 7 heteroatoms. The number of amides is 1. The van der Waals surface area contributed by atoms with Crippen molar-refractivity contribution < 1.29 is 4.79 Å². The summed E-state index contributed by atoms with van der Waals surface area (Å²) in [6, 6.07) is 18.7. The molecule has 29 heavy (non-hydrogen) atoms. The molecular weight excluding hydrogens is 400 g/mol. The molecule has 4 aromatic rings. The van der Waals surface area contributed by atoms with E-state index in [1.54, 1.807) is 6.20 Å². The highest BCUT2D eigenvalue weighted by molar-refractivity contribution is 7.99. The van der Waals surface area contributed by atoms with Gasteiger partial charge in [-0.1, -0.05) is 71.9 Å². The highest BCUT2D eigenvalue weighted by atomic mass is 32.2. The van der Waals surface area contributed by atoms with Gasteiger partial charge >= 0.3 is 0 Å². The number of nitrogens with zero attached hydrogens (tertiary/aromatic N) is 3. The molecule has 1 N–H and O–H groups in total. The van der Waals surface area contributed by atoms with Crippen LogP contribution in [0.25, 0.3) is 11.3 Å². The first-order valence-corrected chi connectivity index (χ1v) is 11.0. The van der Waals surface area contributed by atoms with Crippen LogP contribution in [-0.2, 0) is 11.3 Å². The summed E-state index contributed by atoms with van der Waals surface area (Å²) in [5.74, 6) is 0.190. The lowest BCUT2D eigenvalue weighted by atomic mass is 10.1. The van der Waals surface area contributed by atoms with Crippen LogP contribution in [0.5, 0.6) is 0 Å². The maximum Gasteiger partial charge on any atom is 0.236 e. The van der Waals surface area contributed by atoms with Crippen molar-refractivity contribution in [3.05, 3.63) is 83.5 Å². The fraction of sp³-hybridized carbons (Fsp3) is 0.136. The summed E-state index contributed by atoms with van der Waals surface area (Å²) in [7, 11) is 0. The van der Waals surface area contributed by atoms with Crippen LogP contribution in [0.2, 0.25) is 0 Å². The van der Waals surface area contributed by atoms with Gasteiger partial charge in [0, 0.05) is 11.6 Å². The van der Waals surface area contributed by atoms with Crippen molar-refractivity contribution in [3.8, 4) is 11.3 Å². The number of hydrogen-bond donors (Lipinski definition) is 1. The Balaban J connectivity index is 1.57. The van der Waals surface area contributed by atoms with Crippen molar-refractivity contribution >= 4 is 34.1 Å². The van der Waals surface area contributed by atoms with Gasteiger partial charge in [-0.15, -0.1) is 11.3 Å². The zero-order valence-electron chi connectivity index (χ0n) is 15.9. The van der Waals surface area contributed by atoms with Gasteiger partial charge in [-0.05, 0) is 18.1 Å². The molecule has 0 radical (unpaired) electrons. The van der Waals surface area contributed by atoms with E-state index in [9.17, 15) is 4.79 Å². The average Bonchev–Trinajstić information content (AvgIpc) is 3.38. The van der Waals surface area contributed by atoms with E-state index in [1.165, 1.54) is 34.2 Å². The zero-order chi connectivity index (χ0) is 20.1. The van der Waals surface area contributed by atoms with Crippen LogP contribution in [-0.4, -0.2) is 26.2 Å². The van der Waals surface area contributed by atoms with Gasteiger partial charge < -0.3 is 9.88 Å². The number of thiazole rings is 1. The van der Waals surface area contributed by atoms with Gasteiger partial charge in [-0.25, -0.2) is 9.97 Å². The Morgan fingerprint density at radius 2 is 1.90 bits per heavy atom. The summed E-state index contributed by atoms with van der Waals surface area (Å²) in [5.41, 5.74) is 4.55. The SMILES string of the molecule is Cc1ccc(-c2cnc(SCC(=O)Nc3nccs3)n2Cc2ccccc2)cc1. The molecule has 0 aliphatic carbocycles. The molecule has 0 saturated heterocycles. The van der Waals surface area contributed by atoms with Crippen molar-refractivity contribution in [1.29, 1.82) is 0 Å². The quantitative estimate of drug-likeness (QED) is 0.423. The number of nitrogens with one attached hydrogen (secondary N) is 1. The Kier molecular flexibility index (Phi) is 6.07. The van der Waals surface area contributed by atoms with E-state index >= 15 is 0 Å². The lowest BCUT2D eigenvalue weighted by Gasteiger charge is -2.12. The van der Waals surface area contributed by atoms with Crippen molar-refractivity contribution in [3.63, 3.8) is 0 Å². The molecule has 0 bridgehead atoms. The normalized spacial score (nSPS) is 10.8. The van der Waals surface area contributed by atoms with Gasteiger partial charge in [0.1, 0.15) is 0 Å². The number of carbonyl (C=O) groups is 1. The van der Waals surface area contributed by atoms with Crippen molar-refractivity contribution in [2.45, 2.75) is 18.6 Å². The molecule has 0 aliphatic heterocycles. The van der Waals surface area contributed by atoms with Crippen LogP contribution in [0.15, 0.2) is 77.5 Å². The fourth-order valence-corrected chi connectivity index (χ4v) is 4.24. The lowest BCUT2D eigenvalue weighted by Crippen LogP contribution is -2.14. The number of thioether (sulfide) groups is 1. The van der Waals surface area contributed by atoms with E-state index in [2.05, 4.69) is 63.2 Å². The highest BCUT2D eigenvalue weighted by Crippen LogP contribution is 2.27. The summed E-state index contributed by atoms with van der Waals surface area (Å²) in [5, 5.41) is 6.09. The number of aryl methyl sites for hydroxylation is 1. The molecule has 4 rings (SSSR count). The number of carbonyl (C=O) groups excluding carboxylic acids is 1. The Bertz CT molecular complexity index is 1070. The number of rotatable bonds is 7. The van der Waals surface area contributed by atoms with Crippen LogP contribution < -0.4 is 5.32 Å². The maximum atomic E-state index is 12.3. The molecular formula is C22H20N4OS2. The minimum absolute atomic E-state index is 0.0869. The zero-order valence-corrected chi connectivity index (χ0v) is 17.5. The van der Waals surface area contributed by atoms with E-state index in [0.29, 0.717) is 11.7 Å². The van der Waals surface area contributed by atoms with Crippen LogP contribution in [0.3, 0.4) is 0 Å². The van der Waals surface area contributed by atoms with Crippen LogP contribution in [0, 0.1) is 6.92 Å². The van der Waals surface area contributed by atoms with Crippen molar-refractivity contribution in [2.75, 3.05) is 11.1 Å². The number of anilines is 1. The lowest BCUT2D eigenvalue weighted by molar-refractivity contribution is -0.113. The third-order valence-corrected chi connectivity index (χ3v) is 6.04. The summed E-state index contributed by atoms with van der Waals surface area (Å²) in [4.78, 5) is 21.0. The predicted molar refractivity (Wildman–Crippen MR) is 119 cm³/mol. The topological polar surface area (TPSA) is 59.8 Å². The Labute approximate surface area is 177 Å². The molecule has 1 amide bonds. The second kappa shape index (κ2) is 9.07. The highest BCUT2D eigenvalue weighted by Gasteiger charge is 2.15. The average molecular weight is 421 g/mol. The third kappa shape index (κ3) is 4.93. The van der Waals surface area contributed by atoms with Crippen LogP contribution in [0.4, 0.5) is 5.13 Å². The first-order valence-electron chi connectivity index (χ1n) is 9.17. The summed E-state index contributed by atoms with van der Waals surface area (Å²) >= 11 is 2.84. The minimum Gasteiger partial charge on any atom is -0.314 e. The van der Waals surface area contributed by atoms with Gasteiger partial charge in [-0.3, -0.25) is 4.79 Å². The second-order valence-electron chi connectivity index (χ2n) is 6.54. The van der Waals surface area contributed by atoms with Crippen LogP contribution in [0.1, 0.15) is 11.1 Å². The first-order chi connectivity index (χ1) is 14.2. The second-order valence-corrected chi connectivity index (χ2v) is 8.37. The van der Waals surface area contributed by atoms with Crippen molar-refractivity contribution in [2.24, 2.45) is 0 Å². The van der Waals surface area contributed by atoms with Gasteiger partial charge in [0.25, 0.3) is 0 Å². The van der Waals surface area contributed by atoms with Crippen LogP contribution >= 0.6 is 23.1 Å². The molecule has 0 aliphatic rings. The summed E-state index contributed by atoms with van der Waals surface area (Å²) in [6.45, 7) is 2.77. The number of hydrogen-bond acceptors (Lipinski definition) is 5. The molecule has 0 fully saturated rings. The number of imidazole rings is 1. The fourth-order valence-electron chi connectivity index (χ4n) is 2.92. The van der Waals surface area contributed by atoms with Gasteiger partial charge in [0.15, 0.2) is 10.3 Å². The molecule has 5 nitrogen and oxygen atoms in total. The smallest absolute Gasteiger partial charge is 0.236 e. The van der Waals surface area contributed by atoms with E-state index in [0.717, 1.165) is 16.4 Å². The standard InChI is InChI=1S/C22H20N4OS2/c1-16-7-9-18(10-8-16)19-13-24-22(26(19)14-17-5-3-2-4-6-17)29-15-20(27)25-21-23-11-12-28-21/h2-13H,14-15H2,1H3,(H,23,25,27). The van der Waals surface area contributed by atoms with Gasteiger partial charge in [0.2, 0.25) is 5.91 Å². The van der Waals surface area contributed by atoms with E-state index in [-0.39, 0.29) is 11.7 Å². The van der Waals surface area contributed by atoms with E-state index in [1.807, 2.05) is 29.8 Å². The molecule has 0 unspecified atom stereocenters. The van der Waals surface area contributed by atoms with Gasteiger partial charge in [0.05, 0.1) is 24.2 Å². The van der Waals surface area contributed by atoms with E-state index < -0.39 is 0 Å². The molecule has 2 heterocycles. The third-order valence-electron chi connectivity index (χ3n) is 4.36. The number of benzene rings is 2. The van der Waals surface area contributed by atoms with Crippen molar-refractivity contribution in [1.82, 2.24) is 14.5 Å².